The minimum atomic E-state index is -3.81. The van der Waals surface area contributed by atoms with Crippen LogP contribution in [0.15, 0.2) is 48.5 Å². The van der Waals surface area contributed by atoms with Crippen LogP contribution < -0.4 is 21.1 Å². The lowest BCUT2D eigenvalue weighted by Gasteiger charge is -2.36. The van der Waals surface area contributed by atoms with Crippen molar-refractivity contribution in [1.82, 2.24) is 25.2 Å². The molecule has 0 bridgehead atoms. The van der Waals surface area contributed by atoms with Crippen molar-refractivity contribution in [3.05, 3.63) is 70.2 Å². The van der Waals surface area contributed by atoms with Gasteiger partial charge in [0.2, 0.25) is 21.8 Å². The largest absolute Gasteiger partial charge is 0.350 e. The summed E-state index contributed by atoms with van der Waals surface area (Å²) < 4.78 is 29.0. The van der Waals surface area contributed by atoms with Crippen molar-refractivity contribution in [3.8, 4) is 0 Å². The zero-order valence-electron chi connectivity index (χ0n) is 23.5. The molecule has 2 saturated heterocycles. The third-order valence-electron chi connectivity index (χ3n) is 7.89. The molecule has 0 unspecified atom stereocenters. The second-order valence-corrected chi connectivity index (χ2v) is 13.1. The fourth-order valence-electron chi connectivity index (χ4n) is 5.36. The first-order valence-corrected chi connectivity index (χ1v) is 16.2. The molecule has 2 amide bonds. The summed E-state index contributed by atoms with van der Waals surface area (Å²) in [6, 6.07) is 13.1. The van der Waals surface area contributed by atoms with Crippen molar-refractivity contribution in [2.24, 2.45) is 5.73 Å². The number of hydrogen-bond donors (Lipinski definition) is 4. The molecule has 4 rings (SSSR count). The SMILES string of the molecule is CN(CCC[C@@H](NS(=O)(=O)Cc1ccccc1)C(=O)N1CCC[C@H]1C(=O)NCc1cc(Cl)ccc1CN)C1CNC1. The van der Waals surface area contributed by atoms with E-state index in [-0.39, 0.29) is 24.1 Å². The molecule has 224 valence electrons. The predicted molar refractivity (Wildman–Crippen MR) is 160 cm³/mol. The molecule has 0 spiro atoms. The average molecular weight is 605 g/mol. The van der Waals surface area contributed by atoms with Gasteiger partial charge >= 0.3 is 0 Å². The molecule has 2 aliphatic heterocycles. The summed E-state index contributed by atoms with van der Waals surface area (Å²) in [6.07, 6.45) is 2.15. The molecule has 2 atom stereocenters. The van der Waals surface area contributed by atoms with Gasteiger partial charge in [-0.1, -0.05) is 48.0 Å². The molecule has 12 heteroatoms. The third-order valence-corrected chi connectivity index (χ3v) is 9.48. The Labute approximate surface area is 248 Å². The van der Waals surface area contributed by atoms with Crippen molar-refractivity contribution in [1.29, 1.82) is 0 Å². The number of hydrogen-bond acceptors (Lipinski definition) is 7. The van der Waals surface area contributed by atoms with E-state index in [0.29, 0.717) is 55.4 Å². The van der Waals surface area contributed by atoms with Crippen LogP contribution >= 0.6 is 11.6 Å². The van der Waals surface area contributed by atoms with Crippen LogP contribution in [0.4, 0.5) is 0 Å². The summed E-state index contributed by atoms with van der Waals surface area (Å²) in [5.74, 6) is -0.863. The summed E-state index contributed by atoms with van der Waals surface area (Å²) in [6.45, 7) is 3.54. The number of likely N-dealkylation sites (tertiary alicyclic amines) is 1. The normalized spacial score (nSPS) is 18.3. The first kappa shape index (κ1) is 31.4. The Bertz CT molecular complexity index is 1290. The van der Waals surface area contributed by atoms with E-state index in [9.17, 15) is 18.0 Å². The van der Waals surface area contributed by atoms with E-state index in [1.807, 2.05) is 19.2 Å². The summed E-state index contributed by atoms with van der Waals surface area (Å²) in [5.41, 5.74) is 8.18. The minimum absolute atomic E-state index is 0.224. The molecule has 41 heavy (non-hydrogen) atoms. The lowest BCUT2D eigenvalue weighted by molar-refractivity contribution is -0.139. The van der Waals surface area contributed by atoms with Crippen molar-refractivity contribution in [2.75, 3.05) is 33.2 Å². The van der Waals surface area contributed by atoms with Gasteiger partial charge in [0.15, 0.2) is 0 Å². The van der Waals surface area contributed by atoms with Gasteiger partial charge in [-0.3, -0.25) is 9.59 Å². The van der Waals surface area contributed by atoms with Crippen LogP contribution in [0.3, 0.4) is 0 Å². The summed E-state index contributed by atoms with van der Waals surface area (Å²) >= 11 is 6.14. The van der Waals surface area contributed by atoms with Gasteiger partial charge in [0.25, 0.3) is 0 Å². The maximum atomic E-state index is 13.8. The van der Waals surface area contributed by atoms with Gasteiger partial charge in [-0.15, -0.1) is 0 Å². The second-order valence-electron chi connectivity index (χ2n) is 10.9. The summed E-state index contributed by atoms with van der Waals surface area (Å²) in [5, 5.41) is 6.73. The van der Waals surface area contributed by atoms with E-state index in [4.69, 9.17) is 17.3 Å². The van der Waals surface area contributed by atoms with Crippen molar-refractivity contribution in [2.45, 2.75) is 62.7 Å². The van der Waals surface area contributed by atoms with Gasteiger partial charge in [-0.25, -0.2) is 13.1 Å². The fraction of sp³-hybridized carbons (Fsp3) is 0.517. The van der Waals surface area contributed by atoms with Crippen LogP contribution in [0, 0.1) is 0 Å². The number of benzene rings is 2. The van der Waals surface area contributed by atoms with Gasteiger partial charge in [0.05, 0.1) is 5.75 Å². The highest BCUT2D eigenvalue weighted by molar-refractivity contribution is 7.88. The molecule has 0 radical (unpaired) electrons. The number of carbonyl (C=O) groups excluding carboxylic acids is 2. The Morgan fingerprint density at radius 3 is 2.61 bits per heavy atom. The quantitative estimate of drug-likeness (QED) is 0.257. The summed E-state index contributed by atoms with van der Waals surface area (Å²) in [7, 11) is -1.77. The van der Waals surface area contributed by atoms with E-state index < -0.39 is 22.1 Å². The Morgan fingerprint density at radius 1 is 1.17 bits per heavy atom. The average Bonchev–Trinajstić information content (AvgIpc) is 3.40. The van der Waals surface area contributed by atoms with Crippen LogP contribution in [0.25, 0.3) is 0 Å². The molecular formula is C29H41ClN6O4S. The van der Waals surface area contributed by atoms with E-state index in [1.165, 1.54) is 4.90 Å². The van der Waals surface area contributed by atoms with Crippen LogP contribution in [-0.2, 0) is 38.5 Å². The Hall–Kier alpha value is -2.54. The van der Waals surface area contributed by atoms with Gasteiger partial charge in [0.1, 0.15) is 12.1 Å². The second kappa shape index (κ2) is 14.6. The van der Waals surface area contributed by atoms with Crippen molar-refractivity contribution in [3.63, 3.8) is 0 Å². The van der Waals surface area contributed by atoms with Crippen LogP contribution in [0.2, 0.25) is 5.02 Å². The van der Waals surface area contributed by atoms with Crippen molar-refractivity contribution < 1.29 is 18.0 Å². The lowest BCUT2D eigenvalue weighted by Crippen LogP contribution is -2.56. The first-order chi connectivity index (χ1) is 19.7. The first-order valence-electron chi connectivity index (χ1n) is 14.2. The maximum Gasteiger partial charge on any atom is 0.243 e. The highest BCUT2D eigenvalue weighted by Crippen LogP contribution is 2.22. The van der Waals surface area contributed by atoms with Gasteiger partial charge in [-0.2, -0.15) is 0 Å². The molecule has 2 aliphatic rings. The van der Waals surface area contributed by atoms with Crippen molar-refractivity contribution >= 4 is 33.4 Å². The number of nitrogens with zero attached hydrogens (tertiary/aromatic N) is 2. The van der Waals surface area contributed by atoms with Gasteiger partial charge < -0.3 is 26.2 Å². The molecule has 2 fully saturated rings. The molecule has 5 N–H and O–H groups in total. The Morgan fingerprint density at radius 2 is 1.93 bits per heavy atom. The molecule has 10 nitrogen and oxygen atoms in total. The highest BCUT2D eigenvalue weighted by atomic mass is 35.5. The number of likely N-dealkylation sites (N-methyl/N-ethyl adjacent to an activating group) is 1. The number of amides is 2. The van der Waals surface area contributed by atoms with Gasteiger partial charge in [0, 0.05) is 43.8 Å². The maximum absolute atomic E-state index is 13.8. The summed E-state index contributed by atoms with van der Waals surface area (Å²) in [4.78, 5) is 30.9. The molecule has 2 aromatic carbocycles. The van der Waals surface area contributed by atoms with E-state index in [2.05, 4.69) is 20.3 Å². The van der Waals surface area contributed by atoms with E-state index in [1.54, 1.807) is 36.4 Å². The molecular weight excluding hydrogens is 564 g/mol. The van der Waals surface area contributed by atoms with E-state index in [0.717, 1.165) is 30.8 Å². The fourth-order valence-corrected chi connectivity index (χ4v) is 6.92. The molecule has 2 heterocycles. The monoisotopic (exact) mass is 604 g/mol. The number of rotatable bonds is 14. The number of carbonyl (C=O) groups is 2. The third kappa shape index (κ3) is 8.73. The lowest BCUT2D eigenvalue weighted by atomic mass is 10.1. The molecule has 0 aromatic heterocycles. The number of nitrogens with two attached hydrogens (primary N) is 1. The number of nitrogens with one attached hydrogen (secondary N) is 3. The zero-order valence-corrected chi connectivity index (χ0v) is 25.1. The highest BCUT2D eigenvalue weighted by Gasteiger charge is 2.38. The van der Waals surface area contributed by atoms with Crippen LogP contribution in [-0.4, -0.2) is 81.4 Å². The van der Waals surface area contributed by atoms with Crippen LogP contribution in [0.1, 0.15) is 42.4 Å². The number of sulfonamides is 1. The topological polar surface area (TPSA) is 137 Å². The van der Waals surface area contributed by atoms with E-state index >= 15 is 0 Å². The molecule has 0 saturated carbocycles. The Balaban J connectivity index is 1.44. The smallest absolute Gasteiger partial charge is 0.243 e. The van der Waals surface area contributed by atoms with Crippen LogP contribution in [0.5, 0.6) is 0 Å². The number of halogens is 1. The standard InChI is InChI=1S/C29H41ClN6O4S/c1-35(25-18-32-19-25)13-5-9-26(34-41(39,40)20-21-7-3-2-4-8-21)29(38)36-14-6-10-27(36)28(37)33-17-23-15-24(30)12-11-22(23)16-31/h2-4,7-8,11-12,15,25-27,32,34H,5-6,9-10,13-14,16-20,31H2,1H3,(H,33,37)/t26-,27+/m1/s1. The Kier molecular flexibility index (Phi) is 11.2. The minimum Gasteiger partial charge on any atom is -0.350 e. The zero-order chi connectivity index (χ0) is 29.4. The molecule has 0 aliphatic carbocycles. The predicted octanol–water partition coefficient (Wildman–Crippen LogP) is 1.58. The molecule has 2 aromatic rings. The van der Waals surface area contributed by atoms with Gasteiger partial charge in [-0.05, 0) is 68.1 Å².